The fourth-order valence-electron chi connectivity index (χ4n) is 5.83. The maximum Gasteiger partial charge on any atom is 0.408 e. The number of nitrogens with one attached hydrogen (secondary N) is 1. The second-order valence-corrected chi connectivity index (χ2v) is 13.8. The Hall–Kier alpha value is -4.78. The van der Waals surface area contributed by atoms with Gasteiger partial charge in [0.25, 0.3) is 0 Å². The van der Waals surface area contributed by atoms with Gasteiger partial charge in [-0.15, -0.1) is 0 Å². The van der Waals surface area contributed by atoms with Gasteiger partial charge in [0.2, 0.25) is 6.29 Å². The van der Waals surface area contributed by atoms with Crippen LogP contribution in [-0.4, -0.2) is 68.1 Å². The molecule has 53 heavy (non-hydrogen) atoms. The van der Waals surface area contributed by atoms with Gasteiger partial charge in [0, 0.05) is 6.42 Å². The van der Waals surface area contributed by atoms with Crippen LogP contribution in [-0.2, 0) is 59.5 Å². The van der Waals surface area contributed by atoms with Crippen molar-refractivity contribution in [1.29, 1.82) is 0 Å². The Balaban J connectivity index is 1.33. The van der Waals surface area contributed by atoms with E-state index >= 15 is 0 Å². The second kappa shape index (κ2) is 19.3. The summed E-state index contributed by atoms with van der Waals surface area (Å²) < 4.78 is 42.5. The summed E-state index contributed by atoms with van der Waals surface area (Å²) in [5, 5.41) is 2.60. The maximum atomic E-state index is 12.5. The Morgan fingerprint density at radius 1 is 0.736 bits per heavy atom. The third kappa shape index (κ3) is 12.4. The van der Waals surface area contributed by atoms with Gasteiger partial charge in [0.1, 0.15) is 35.7 Å². The van der Waals surface area contributed by atoms with E-state index < -0.39 is 54.3 Å². The average molecular weight is 727 g/mol. The molecule has 4 aromatic rings. The number of esters is 1. The molecular formula is C42H50N2O9. The minimum Gasteiger partial charge on any atom is -0.467 e. The van der Waals surface area contributed by atoms with E-state index in [1.54, 1.807) is 45.0 Å². The van der Waals surface area contributed by atoms with Crippen LogP contribution in [0.25, 0.3) is 0 Å². The lowest BCUT2D eigenvalue weighted by molar-refractivity contribution is -0.266. The summed E-state index contributed by atoms with van der Waals surface area (Å²) in [6, 6.07) is 35.1. The first-order valence-corrected chi connectivity index (χ1v) is 17.7. The molecule has 11 heteroatoms. The molecule has 0 unspecified atom stereocenters. The van der Waals surface area contributed by atoms with Crippen molar-refractivity contribution in [1.82, 2.24) is 5.32 Å². The van der Waals surface area contributed by atoms with Crippen molar-refractivity contribution in [3.8, 4) is 5.75 Å². The molecule has 0 bridgehead atoms. The smallest absolute Gasteiger partial charge is 0.408 e. The SMILES string of the molecule is COC(=O)[C@H](Cc1ccc(O[C@H]2O[C@H](COCc3ccccc3)[C@H](OCc3ccccc3)[C@H](OCc3ccccc3)[C@H]2N)cc1)NC(=O)OC(C)(C)C. The predicted molar refractivity (Wildman–Crippen MR) is 199 cm³/mol. The van der Waals surface area contributed by atoms with E-state index in [1.165, 1.54) is 7.11 Å². The van der Waals surface area contributed by atoms with Gasteiger partial charge in [-0.25, -0.2) is 9.59 Å². The second-order valence-electron chi connectivity index (χ2n) is 13.8. The Labute approximate surface area is 311 Å². The molecule has 11 nitrogen and oxygen atoms in total. The molecule has 3 N–H and O–H groups in total. The number of amides is 1. The standard InChI is InChI=1S/C42H50N2O9/c1-42(2,3)53-41(46)44-34(39(45)47-4)24-29-20-22-33(23-21-29)51-40-36(43)38(50-27-32-18-12-7-13-19-32)37(49-26-31-16-10-6-11-17-31)35(52-40)28-48-25-30-14-8-5-9-15-30/h5-23,34-38,40H,24-28,43H2,1-4H3,(H,44,46)/t34-,35+,36+,37-,38+,40-/m0/s1. The number of carbonyl (C=O) groups is 2. The Kier molecular flexibility index (Phi) is 14.4. The summed E-state index contributed by atoms with van der Waals surface area (Å²) in [5.41, 5.74) is 9.96. The van der Waals surface area contributed by atoms with Gasteiger partial charge in [-0.2, -0.15) is 0 Å². The van der Waals surface area contributed by atoms with Crippen LogP contribution >= 0.6 is 0 Å². The van der Waals surface area contributed by atoms with Crippen LogP contribution in [0.5, 0.6) is 5.75 Å². The first-order chi connectivity index (χ1) is 25.6. The van der Waals surface area contributed by atoms with Crippen molar-refractivity contribution in [2.75, 3.05) is 13.7 Å². The van der Waals surface area contributed by atoms with Crippen molar-refractivity contribution in [2.45, 2.75) is 89.3 Å². The van der Waals surface area contributed by atoms with Crippen LogP contribution < -0.4 is 15.8 Å². The molecule has 0 aliphatic carbocycles. The molecule has 4 aromatic carbocycles. The molecule has 0 aromatic heterocycles. The highest BCUT2D eigenvalue weighted by Gasteiger charge is 2.47. The Bertz CT molecular complexity index is 1680. The zero-order chi connectivity index (χ0) is 37.6. The van der Waals surface area contributed by atoms with Gasteiger partial charge in [-0.05, 0) is 55.2 Å². The van der Waals surface area contributed by atoms with E-state index in [4.69, 9.17) is 38.9 Å². The Morgan fingerprint density at radius 2 is 1.26 bits per heavy atom. The average Bonchev–Trinajstić information content (AvgIpc) is 3.15. The number of hydrogen-bond donors (Lipinski definition) is 2. The number of carbonyl (C=O) groups excluding carboxylic acids is 2. The highest BCUT2D eigenvalue weighted by molar-refractivity contribution is 5.81. The zero-order valence-electron chi connectivity index (χ0n) is 30.7. The molecule has 5 rings (SSSR count). The van der Waals surface area contributed by atoms with Crippen LogP contribution in [0, 0.1) is 0 Å². The van der Waals surface area contributed by atoms with E-state index in [0.29, 0.717) is 25.6 Å². The molecule has 1 aliphatic heterocycles. The largest absolute Gasteiger partial charge is 0.467 e. The summed E-state index contributed by atoms with van der Waals surface area (Å²) in [5.74, 6) is -0.109. The number of benzene rings is 4. The highest BCUT2D eigenvalue weighted by atomic mass is 16.7. The molecule has 282 valence electrons. The number of nitrogens with two attached hydrogens (primary N) is 1. The normalized spacial score (nSPS) is 20.6. The maximum absolute atomic E-state index is 12.5. The quantitative estimate of drug-likeness (QED) is 0.130. The third-order valence-electron chi connectivity index (χ3n) is 8.45. The van der Waals surface area contributed by atoms with Gasteiger partial charge in [-0.3, -0.25) is 0 Å². The lowest BCUT2D eigenvalue weighted by atomic mass is 9.96. The van der Waals surface area contributed by atoms with Crippen LogP contribution in [0.1, 0.15) is 43.0 Å². The van der Waals surface area contributed by atoms with E-state index in [2.05, 4.69) is 5.32 Å². The fraction of sp³-hybridized carbons (Fsp3) is 0.381. The topological polar surface area (TPSA) is 137 Å². The number of ether oxygens (including phenoxy) is 7. The summed E-state index contributed by atoms with van der Waals surface area (Å²) in [6.45, 7) is 6.45. The van der Waals surface area contributed by atoms with Gasteiger partial charge >= 0.3 is 12.1 Å². The first kappa shape index (κ1) is 39.4. The zero-order valence-corrected chi connectivity index (χ0v) is 30.7. The van der Waals surface area contributed by atoms with Crippen molar-refractivity contribution >= 4 is 12.1 Å². The molecule has 1 fully saturated rings. The number of methoxy groups -OCH3 is 1. The molecule has 1 amide bonds. The minimum atomic E-state index is -0.955. The van der Waals surface area contributed by atoms with E-state index in [1.807, 2.05) is 91.0 Å². The van der Waals surface area contributed by atoms with Gasteiger partial charge in [-0.1, -0.05) is 103 Å². The van der Waals surface area contributed by atoms with E-state index in [9.17, 15) is 9.59 Å². The molecule has 0 spiro atoms. The molecular weight excluding hydrogens is 676 g/mol. The molecule has 0 saturated carbocycles. The predicted octanol–water partition coefficient (Wildman–Crippen LogP) is 6.11. The minimum absolute atomic E-state index is 0.169. The number of rotatable bonds is 16. The van der Waals surface area contributed by atoms with Crippen molar-refractivity contribution in [3.63, 3.8) is 0 Å². The lowest BCUT2D eigenvalue weighted by Gasteiger charge is -2.44. The van der Waals surface area contributed by atoms with Gasteiger partial charge in [0.05, 0.1) is 39.6 Å². The summed E-state index contributed by atoms with van der Waals surface area (Å²) in [6.07, 6.45) is -3.26. The van der Waals surface area contributed by atoms with E-state index in [0.717, 1.165) is 22.3 Å². The molecule has 1 saturated heterocycles. The van der Waals surface area contributed by atoms with Gasteiger partial charge in [0.15, 0.2) is 0 Å². The van der Waals surface area contributed by atoms with Crippen LogP contribution in [0.4, 0.5) is 4.79 Å². The van der Waals surface area contributed by atoms with Crippen LogP contribution in [0.3, 0.4) is 0 Å². The summed E-state index contributed by atoms with van der Waals surface area (Å²) >= 11 is 0. The molecule has 1 aliphatic rings. The third-order valence-corrected chi connectivity index (χ3v) is 8.45. The fourth-order valence-corrected chi connectivity index (χ4v) is 5.83. The lowest BCUT2D eigenvalue weighted by Crippen LogP contribution is -2.64. The highest BCUT2D eigenvalue weighted by Crippen LogP contribution is 2.29. The number of alkyl carbamates (subject to hydrolysis) is 1. The molecule has 0 radical (unpaired) electrons. The first-order valence-electron chi connectivity index (χ1n) is 17.7. The monoisotopic (exact) mass is 726 g/mol. The van der Waals surface area contributed by atoms with Crippen molar-refractivity contribution in [2.24, 2.45) is 5.73 Å². The molecule has 1 heterocycles. The van der Waals surface area contributed by atoms with E-state index in [-0.39, 0.29) is 13.0 Å². The number of hydrogen-bond acceptors (Lipinski definition) is 10. The van der Waals surface area contributed by atoms with Crippen molar-refractivity contribution in [3.05, 3.63) is 138 Å². The summed E-state index contributed by atoms with van der Waals surface area (Å²) in [4.78, 5) is 24.9. The van der Waals surface area contributed by atoms with Gasteiger partial charge < -0.3 is 44.2 Å². The van der Waals surface area contributed by atoms with Crippen LogP contribution in [0.2, 0.25) is 0 Å². The summed E-state index contributed by atoms with van der Waals surface area (Å²) in [7, 11) is 1.27. The van der Waals surface area contributed by atoms with Crippen LogP contribution in [0.15, 0.2) is 115 Å². The Morgan fingerprint density at radius 3 is 1.79 bits per heavy atom. The molecule has 6 atom stereocenters. The van der Waals surface area contributed by atoms with Crippen molar-refractivity contribution < 1.29 is 42.7 Å².